The summed E-state index contributed by atoms with van der Waals surface area (Å²) in [6, 6.07) is 17.9. The van der Waals surface area contributed by atoms with Crippen molar-refractivity contribution in [3.63, 3.8) is 0 Å². The topological polar surface area (TPSA) is 166 Å². The van der Waals surface area contributed by atoms with Gasteiger partial charge in [-0.05, 0) is 118 Å². The average Bonchev–Trinajstić information content (AvgIpc) is 3.13. The maximum atomic E-state index is 14.0. The van der Waals surface area contributed by atoms with E-state index in [0.29, 0.717) is 22.8 Å². The van der Waals surface area contributed by atoms with E-state index >= 15 is 0 Å². The van der Waals surface area contributed by atoms with E-state index in [1.807, 2.05) is 18.2 Å². The number of aliphatic carboxylic acids is 1. The van der Waals surface area contributed by atoms with E-state index < -0.39 is 40.5 Å². The quantitative estimate of drug-likeness (QED) is 0.124. The van der Waals surface area contributed by atoms with Crippen molar-refractivity contribution in [1.82, 2.24) is 26.0 Å². The highest BCUT2D eigenvalue weighted by molar-refractivity contribution is 7.89. The number of hydrogen-bond donors (Lipinski definition) is 6. The highest BCUT2D eigenvalue weighted by atomic mass is 35.5. The Morgan fingerprint density at radius 3 is 1.86 bits per heavy atom. The zero-order valence-electron chi connectivity index (χ0n) is 28.7. The van der Waals surface area contributed by atoms with Gasteiger partial charge in [0.1, 0.15) is 12.1 Å². The van der Waals surface area contributed by atoms with Gasteiger partial charge < -0.3 is 26.4 Å². The minimum absolute atomic E-state index is 0. The summed E-state index contributed by atoms with van der Waals surface area (Å²) in [5.41, 5.74) is 0.549. The smallest absolute Gasteiger partial charge is 0.323 e. The number of nitrogens with one attached hydrogen (secondary N) is 5. The molecule has 2 fully saturated rings. The lowest BCUT2D eigenvalue weighted by molar-refractivity contribution is -0.139. The monoisotopic (exact) mass is 763 g/mol. The SMILES string of the molecule is Cl.Cl.O=C(NC(C(=O)NCC(NS(=O)(=O)c1ccc2ccccc2c1)C(=O)O)c1ccccc1)C(CCC1CCNCC1)CCC1CCNCC1. The molecule has 0 radical (unpaired) electrons. The zero-order valence-corrected chi connectivity index (χ0v) is 31.2. The van der Waals surface area contributed by atoms with Crippen LogP contribution in [0.5, 0.6) is 0 Å². The number of carboxylic acids is 1. The summed E-state index contributed by atoms with van der Waals surface area (Å²) in [5, 5.41) is 23.8. The maximum Gasteiger partial charge on any atom is 0.323 e. The molecule has 2 saturated heterocycles. The number of amides is 2. The largest absolute Gasteiger partial charge is 0.480 e. The molecule has 2 aliphatic heterocycles. The molecule has 2 atom stereocenters. The predicted octanol–water partition coefficient (Wildman–Crippen LogP) is 4.56. The van der Waals surface area contributed by atoms with Gasteiger partial charge in [0.2, 0.25) is 21.8 Å². The van der Waals surface area contributed by atoms with Crippen molar-refractivity contribution in [2.24, 2.45) is 17.8 Å². The van der Waals surface area contributed by atoms with Gasteiger partial charge in [0, 0.05) is 12.5 Å². The van der Waals surface area contributed by atoms with Crippen LogP contribution in [-0.4, -0.2) is 70.1 Å². The van der Waals surface area contributed by atoms with E-state index in [9.17, 15) is 27.9 Å². The van der Waals surface area contributed by atoms with Gasteiger partial charge in [-0.2, -0.15) is 4.72 Å². The van der Waals surface area contributed by atoms with Gasteiger partial charge in [-0.15, -0.1) is 24.8 Å². The fraction of sp³-hybridized carbons (Fsp3) is 0.486. The Bertz CT molecular complexity index is 1650. The van der Waals surface area contributed by atoms with Crippen molar-refractivity contribution >= 4 is 63.4 Å². The van der Waals surface area contributed by atoms with Crippen LogP contribution in [0.1, 0.15) is 63.0 Å². The van der Waals surface area contributed by atoms with Gasteiger partial charge in [0.15, 0.2) is 0 Å². The molecule has 0 bridgehead atoms. The van der Waals surface area contributed by atoms with Crippen LogP contribution in [0.15, 0.2) is 77.7 Å². The number of piperidine rings is 2. The molecule has 3 aromatic rings. The number of carboxylic acid groups (broad SMARTS) is 1. The molecule has 2 unspecified atom stereocenters. The summed E-state index contributed by atoms with van der Waals surface area (Å²) < 4.78 is 28.6. The van der Waals surface area contributed by atoms with Gasteiger partial charge in [-0.3, -0.25) is 14.4 Å². The highest BCUT2D eigenvalue weighted by Crippen LogP contribution is 2.28. The highest BCUT2D eigenvalue weighted by Gasteiger charge is 2.31. The third kappa shape index (κ3) is 12.4. The van der Waals surface area contributed by atoms with Crippen molar-refractivity contribution in [3.8, 4) is 0 Å². The Hall–Kier alpha value is -3.26. The van der Waals surface area contributed by atoms with E-state index in [0.717, 1.165) is 82.9 Å². The molecular formula is C37H51Cl2N5O6S. The number of halogens is 2. The number of rotatable bonds is 16. The molecule has 11 nitrogen and oxygen atoms in total. The Morgan fingerprint density at radius 1 is 0.745 bits per heavy atom. The first kappa shape index (κ1) is 42.2. The molecule has 6 N–H and O–H groups in total. The number of hydrogen-bond acceptors (Lipinski definition) is 7. The third-order valence-corrected chi connectivity index (χ3v) is 11.4. The summed E-state index contributed by atoms with van der Waals surface area (Å²) in [7, 11) is -4.24. The lowest BCUT2D eigenvalue weighted by Gasteiger charge is -2.28. The molecule has 0 saturated carbocycles. The van der Waals surface area contributed by atoms with Crippen molar-refractivity contribution in [3.05, 3.63) is 78.4 Å². The minimum Gasteiger partial charge on any atom is -0.480 e. The molecule has 0 aliphatic carbocycles. The fourth-order valence-corrected chi connectivity index (χ4v) is 8.13. The standard InChI is InChI=1S/C37H49N5O6S.2ClH/c43-35(30(12-10-26-16-20-38-21-17-26)13-11-27-18-22-39-23-19-27)41-34(29-7-2-1-3-8-29)36(44)40-25-33(37(45)46)42-49(47,48)32-15-14-28-6-4-5-9-31(28)24-32;;/h1-9,14-15,24,26-27,30,33-34,38-39,42H,10-13,16-23,25H2,(H,40,44)(H,41,43)(H,45,46);2*1H. The molecule has 2 heterocycles. The van der Waals surface area contributed by atoms with E-state index in [-0.39, 0.29) is 41.5 Å². The van der Waals surface area contributed by atoms with Crippen LogP contribution in [0, 0.1) is 17.8 Å². The van der Waals surface area contributed by atoms with Crippen LogP contribution in [0.25, 0.3) is 10.8 Å². The van der Waals surface area contributed by atoms with Crippen molar-refractivity contribution in [2.75, 3.05) is 32.7 Å². The van der Waals surface area contributed by atoms with Crippen LogP contribution in [0.4, 0.5) is 0 Å². The second kappa shape index (κ2) is 20.7. The van der Waals surface area contributed by atoms with E-state index in [2.05, 4.69) is 26.0 Å². The average molecular weight is 765 g/mol. The van der Waals surface area contributed by atoms with Crippen molar-refractivity contribution < 1.29 is 27.9 Å². The number of sulfonamides is 1. The van der Waals surface area contributed by atoms with E-state index in [1.165, 1.54) is 12.1 Å². The van der Waals surface area contributed by atoms with Crippen LogP contribution >= 0.6 is 24.8 Å². The maximum absolute atomic E-state index is 14.0. The van der Waals surface area contributed by atoms with Crippen molar-refractivity contribution in [1.29, 1.82) is 0 Å². The molecule has 51 heavy (non-hydrogen) atoms. The van der Waals surface area contributed by atoms with Crippen molar-refractivity contribution in [2.45, 2.75) is 68.3 Å². The van der Waals surface area contributed by atoms with Gasteiger partial charge in [-0.1, -0.05) is 60.7 Å². The first-order valence-corrected chi connectivity index (χ1v) is 19.0. The van der Waals surface area contributed by atoms with E-state index in [1.54, 1.807) is 42.5 Å². The van der Waals surface area contributed by atoms with Crippen LogP contribution in [0.2, 0.25) is 0 Å². The van der Waals surface area contributed by atoms with Gasteiger partial charge in [0.05, 0.1) is 4.90 Å². The summed E-state index contributed by atoms with van der Waals surface area (Å²) in [5.74, 6) is -1.39. The molecular weight excluding hydrogens is 713 g/mol. The second-order valence-corrected chi connectivity index (χ2v) is 15.1. The molecule has 5 rings (SSSR count). The first-order valence-electron chi connectivity index (χ1n) is 17.5. The predicted molar refractivity (Wildman–Crippen MR) is 204 cm³/mol. The Balaban J connectivity index is 0.00000351. The summed E-state index contributed by atoms with van der Waals surface area (Å²) >= 11 is 0. The first-order chi connectivity index (χ1) is 23.7. The zero-order chi connectivity index (χ0) is 34.6. The lowest BCUT2D eigenvalue weighted by Crippen LogP contribution is -2.50. The summed E-state index contributed by atoms with van der Waals surface area (Å²) in [6.07, 6.45) is 7.74. The minimum atomic E-state index is -4.24. The fourth-order valence-electron chi connectivity index (χ4n) is 6.90. The second-order valence-electron chi connectivity index (χ2n) is 13.4. The van der Waals surface area contributed by atoms with Gasteiger partial charge >= 0.3 is 5.97 Å². The van der Waals surface area contributed by atoms with Crippen LogP contribution in [0.3, 0.4) is 0 Å². The molecule has 2 amide bonds. The molecule has 14 heteroatoms. The molecule has 280 valence electrons. The number of benzene rings is 3. The van der Waals surface area contributed by atoms with E-state index in [4.69, 9.17) is 0 Å². The number of carbonyl (C=O) groups excluding carboxylic acids is 2. The number of carbonyl (C=O) groups is 3. The third-order valence-electron chi connectivity index (χ3n) is 9.92. The molecule has 0 aromatic heterocycles. The Labute approximate surface area is 313 Å². The molecule has 3 aromatic carbocycles. The Morgan fingerprint density at radius 2 is 1.29 bits per heavy atom. The molecule has 2 aliphatic rings. The summed E-state index contributed by atoms with van der Waals surface area (Å²) in [4.78, 5) is 39.8. The van der Waals surface area contributed by atoms with Crippen LogP contribution < -0.4 is 26.0 Å². The van der Waals surface area contributed by atoms with Gasteiger partial charge in [-0.25, -0.2) is 8.42 Å². The normalized spacial score (nSPS) is 16.7. The summed E-state index contributed by atoms with van der Waals surface area (Å²) in [6.45, 7) is 3.44. The number of fused-ring (bicyclic) bond motifs is 1. The van der Waals surface area contributed by atoms with Gasteiger partial charge in [0.25, 0.3) is 0 Å². The van der Waals surface area contributed by atoms with Crippen LogP contribution in [-0.2, 0) is 24.4 Å². The molecule has 0 spiro atoms. The lowest BCUT2D eigenvalue weighted by atomic mass is 9.84. The Kier molecular flexibility index (Phi) is 17.1.